The van der Waals surface area contributed by atoms with Gasteiger partial charge in [-0.2, -0.15) is 5.26 Å². The third-order valence-electron chi connectivity index (χ3n) is 7.46. The molecule has 3 aromatic carbocycles. The Bertz CT molecular complexity index is 1380. The summed E-state index contributed by atoms with van der Waals surface area (Å²) < 4.78 is 27.5. The molecule has 0 spiro atoms. The summed E-state index contributed by atoms with van der Waals surface area (Å²) in [6.07, 6.45) is 0.669. The van der Waals surface area contributed by atoms with Crippen molar-refractivity contribution in [3.05, 3.63) is 88.7 Å². The van der Waals surface area contributed by atoms with E-state index in [0.29, 0.717) is 40.7 Å². The minimum atomic E-state index is -0.731. The maximum absolute atomic E-state index is 15.0. The van der Waals surface area contributed by atoms with E-state index in [1.54, 1.807) is 25.1 Å². The Balaban J connectivity index is 1.46. The maximum Gasteiger partial charge on any atom is 0.176 e. The molecule has 3 atom stereocenters. The number of aromatic hydroxyl groups is 1. The lowest BCUT2D eigenvalue weighted by atomic mass is 9.84. The molecule has 5 rings (SSSR count). The number of allylic oxidation sites excluding steroid dienone is 1. The summed E-state index contributed by atoms with van der Waals surface area (Å²) in [5, 5.41) is 19.8. The summed E-state index contributed by atoms with van der Waals surface area (Å²) in [5.41, 5.74) is 3.53. The van der Waals surface area contributed by atoms with Gasteiger partial charge in [0.25, 0.3) is 0 Å². The third-order valence-corrected chi connectivity index (χ3v) is 7.46. The lowest BCUT2D eigenvalue weighted by molar-refractivity contribution is 0.169. The van der Waals surface area contributed by atoms with Crippen LogP contribution in [-0.2, 0) is 0 Å². The van der Waals surface area contributed by atoms with Crippen molar-refractivity contribution >= 4 is 11.1 Å². The number of hydrogen-bond donors (Lipinski definition) is 1. The Labute approximate surface area is 217 Å². The van der Waals surface area contributed by atoms with Gasteiger partial charge in [-0.1, -0.05) is 37.3 Å². The number of benzene rings is 3. The van der Waals surface area contributed by atoms with E-state index in [-0.39, 0.29) is 5.56 Å². The van der Waals surface area contributed by atoms with E-state index in [9.17, 15) is 10.4 Å². The van der Waals surface area contributed by atoms with Crippen molar-refractivity contribution in [1.29, 1.82) is 5.26 Å². The minimum Gasteiger partial charge on any atom is -0.505 e. The molecular formula is C31H31FN2O3. The highest BCUT2D eigenvalue weighted by Gasteiger charge is 2.33. The summed E-state index contributed by atoms with van der Waals surface area (Å²) in [6, 6.07) is 20.4. The van der Waals surface area contributed by atoms with E-state index >= 15 is 4.39 Å². The molecule has 2 aliphatic heterocycles. The van der Waals surface area contributed by atoms with Crippen molar-refractivity contribution in [2.45, 2.75) is 39.3 Å². The zero-order valence-electron chi connectivity index (χ0n) is 21.4. The fourth-order valence-electron chi connectivity index (χ4n) is 5.34. The molecular weight excluding hydrogens is 467 g/mol. The van der Waals surface area contributed by atoms with Crippen molar-refractivity contribution in [2.75, 3.05) is 19.7 Å². The van der Waals surface area contributed by atoms with Gasteiger partial charge in [0.15, 0.2) is 11.6 Å². The molecule has 0 saturated carbocycles. The van der Waals surface area contributed by atoms with Crippen LogP contribution in [0.25, 0.3) is 11.1 Å². The molecule has 190 valence electrons. The average Bonchev–Trinajstić information content (AvgIpc) is 3.36. The van der Waals surface area contributed by atoms with E-state index in [2.05, 4.69) is 24.8 Å². The molecule has 6 heteroatoms. The monoisotopic (exact) mass is 498 g/mol. The first-order valence-corrected chi connectivity index (χ1v) is 12.7. The molecule has 1 saturated heterocycles. The second-order valence-electron chi connectivity index (χ2n) is 10.1. The largest absolute Gasteiger partial charge is 0.505 e. The summed E-state index contributed by atoms with van der Waals surface area (Å²) in [4.78, 5) is 2.47. The number of nitriles is 1. The van der Waals surface area contributed by atoms with Gasteiger partial charge in [0.2, 0.25) is 0 Å². The zero-order valence-corrected chi connectivity index (χ0v) is 21.4. The number of ether oxygens (including phenoxy) is 2. The van der Waals surface area contributed by atoms with Crippen LogP contribution < -0.4 is 9.47 Å². The highest BCUT2D eigenvalue weighted by Crippen LogP contribution is 2.49. The molecule has 3 aromatic rings. The van der Waals surface area contributed by atoms with Crippen LogP contribution in [0.3, 0.4) is 0 Å². The highest BCUT2D eigenvalue weighted by molar-refractivity contribution is 5.97. The van der Waals surface area contributed by atoms with E-state index in [0.717, 1.165) is 30.3 Å². The van der Waals surface area contributed by atoms with Gasteiger partial charge < -0.3 is 14.6 Å². The quantitative estimate of drug-likeness (QED) is 0.416. The molecule has 0 aliphatic carbocycles. The molecule has 1 fully saturated rings. The van der Waals surface area contributed by atoms with Gasteiger partial charge in [0, 0.05) is 18.2 Å². The fourth-order valence-corrected chi connectivity index (χ4v) is 5.34. The van der Waals surface area contributed by atoms with Gasteiger partial charge in [0.05, 0.1) is 17.2 Å². The Morgan fingerprint density at radius 3 is 2.62 bits per heavy atom. The van der Waals surface area contributed by atoms with Crippen LogP contribution in [0.15, 0.2) is 60.7 Å². The predicted molar refractivity (Wildman–Crippen MR) is 142 cm³/mol. The maximum atomic E-state index is 15.0. The smallest absolute Gasteiger partial charge is 0.176 e. The topological polar surface area (TPSA) is 65.7 Å². The molecule has 1 unspecified atom stereocenters. The van der Waals surface area contributed by atoms with Gasteiger partial charge in [-0.05, 0) is 79.8 Å². The first-order chi connectivity index (χ1) is 17.9. The van der Waals surface area contributed by atoms with Crippen LogP contribution in [0, 0.1) is 23.1 Å². The Morgan fingerprint density at radius 2 is 1.92 bits per heavy atom. The second kappa shape index (κ2) is 10.3. The number of halogens is 1. The molecule has 2 heterocycles. The van der Waals surface area contributed by atoms with Crippen LogP contribution in [0.2, 0.25) is 0 Å². The first-order valence-electron chi connectivity index (χ1n) is 12.7. The van der Waals surface area contributed by atoms with Crippen LogP contribution in [0.4, 0.5) is 4.39 Å². The van der Waals surface area contributed by atoms with Crippen LogP contribution in [0.5, 0.6) is 17.2 Å². The predicted octanol–water partition coefficient (Wildman–Crippen LogP) is 6.58. The first kappa shape index (κ1) is 24.9. The van der Waals surface area contributed by atoms with E-state index < -0.39 is 17.7 Å². The molecule has 0 amide bonds. The Hall–Kier alpha value is -3.82. The van der Waals surface area contributed by atoms with Gasteiger partial charge in [-0.25, -0.2) is 4.39 Å². The Morgan fingerprint density at radius 1 is 1.16 bits per heavy atom. The van der Waals surface area contributed by atoms with E-state index in [1.165, 1.54) is 12.5 Å². The number of phenols is 1. The molecule has 0 bridgehead atoms. The van der Waals surface area contributed by atoms with Crippen molar-refractivity contribution < 1.29 is 19.0 Å². The fraction of sp³-hybridized carbons (Fsp3) is 0.323. The normalized spacial score (nSPS) is 20.2. The highest BCUT2D eigenvalue weighted by atomic mass is 19.1. The van der Waals surface area contributed by atoms with Crippen LogP contribution in [-0.4, -0.2) is 35.7 Å². The van der Waals surface area contributed by atoms with Gasteiger partial charge in [-0.15, -0.1) is 0 Å². The number of likely N-dealkylation sites (tertiary alicyclic amines) is 1. The van der Waals surface area contributed by atoms with Gasteiger partial charge in [-0.3, -0.25) is 4.90 Å². The minimum absolute atomic E-state index is 0.212. The second-order valence-corrected chi connectivity index (χ2v) is 10.1. The zero-order chi connectivity index (χ0) is 26.1. The number of hydrogen-bond acceptors (Lipinski definition) is 5. The van der Waals surface area contributed by atoms with Crippen LogP contribution in [0.1, 0.15) is 55.5 Å². The van der Waals surface area contributed by atoms with Crippen molar-refractivity contribution in [1.82, 2.24) is 4.90 Å². The standard InChI is InChI=1S/C31H31FN2O3/c1-19-14-15-34(17-19)20(2)18-36-24-10-8-22(9-11-24)31-28(25-7-5-4-6-23(25)16-33)21(3)29-27(37-31)13-12-26(35)30(29)32/h4-13,19-20,31,35H,14-15,17-18H2,1-3H3/t19-,20+,31?/m1/s1. The van der Waals surface area contributed by atoms with Gasteiger partial charge in [0.1, 0.15) is 24.2 Å². The lowest BCUT2D eigenvalue weighted by Gasteiger charge is -2.31. The van der Waals surface area contributed by atoms with Crippen molar-refractivity contribution in [3.63, 3.8) is 0 Å². The number of fused-ring (bicyclic) bond motifs is 1. The summed E-state index contributed by atoms with van der Waals surface area (Å²) in [6.45, 7) is 9.13. The summed E-state index contributed by atoms with van der Waals surface area (Å²) in [7, 11) is 0. The van der Waals surface area contributed by atoms with Gasteiger partial charge >= 0.3 is 0 Å². The molecule has 0 radical (unpaired) electrons. The summed E-state index contributed by atoms with van der Waals surface area (Å²) in [5.74, 6) is 0.689. The van der Waals surface area contributed by atoms with E-state index in [1.807, 2.05) is 36.4 Å². The number of rotatable bonds is 6. The van der Waals surface area contributed by atoms with Crippen molar-refractivity contribution in [2.24, 2.45) is 5.92 Å². The molecule has 0 aromatic heterocycles. The Kier molecular flexibility index (Phi) is 6.90. The third kappa shape index (κ3) is 4.80. The molecule has 5 nitrogen and oxygen atoms in total. The van der Waals surface area contributed by atoms with Crippen molar-refractivity contribution in [3.8, 4) is 23.3 Å². The number of phenolic OH excluding ortho intramolecular Hbond substituents is 1. The average molecular weight is 499 g/mol. The summed E-state index contributed by atoms with van der Waals surface area (Å²) >= 11 is 0. The van der Waals surface area contributed by atoms with Crippen LogP contribution >= 0.6 is 0 Å². The SMILES string of the molecule is CC1=C(c2ccccc2C#N)C(c2ccc(OC[C@H](C)N3CC[C@@H](C)C3)cc2)Oc2ccc(O)c(F)c21. The van der Waals surface area contributed by atoms with E-state index in [4.69, 9.17) is 9.47 Å². The molecule has 1 N–H and O–H groups in total. The molecule has 2 aliphatic rings. The number of nitrogens with zero attached hydrogens (tertiary/aromatic N) is 2. The molecule has 37 heavy (non-hydrogen) atoms. The lowest BCUT2D eigenvalue weighted by Crippen LogP contribution is -2.35.